The second kappa shape index (κ2) is 3.87. The van der Waals surface area contributed by atoms with Gasteiger partial charge in [-0.2, -0.15) is 0 Å². The summed E-state index contributed by atoms with van der Waals surface area (Å²) in [4.78, 5) is 4.29. The van der Waals surface area contributed by atoms with E-state index in [1.54, 1.807) is 0 Å². The molecule has 0 fully saturated rings. The molecule has 0 amide bonds. The van der Waals surface area contributed by atoms with Crippen molar-refractivity contribution in [3.8, 4) is 0 Å². The number of nitrogens with zero attached hydrogens (tertiary/aromatic N) is 3. The SMILES string of the molecule is SC1([AsH2])N=NC(Cc2ccccc2)=N1. The number of hydrogen-bond acceptors (Lipinski definition) is 4. The zero-order chi connectivity index (χ0) is 10.0. The normalized spacial score (nSPS) is 25.1. The first-order chi connectivity index (χ1) is 6.66. The molecule has 14 heavy (non-hydrogen) atoms. The van der Waals surface area contributed by atoms with Gasteiger partial charge in [-0.1, -0.05) is 0 Å². The summed E-state index contributed by atoms with van der Waals surface area (Å²) in [5, 5.41) is 7.96. The van der Waals surface area contributed by atoms with Crippen LogP contribution in [0.2, 0.25) is 0 Å². The van der Waals surface area contributed by atoms with Crippen LogP contribution in [-0.2, 0) is 6.42 Å². The molecule has 72 valence electrons. The fourth-order valence-corrected chi connectivity index (χ4v) is 1.81. The van der Waals surface area contributed by atoms with Gasteiger partial charge in [-0.25, -0.2) is 0 Å². The van der Waals surface area contributed by atoms with E-state index in [9.17, 15) is 0 Å². The van der Waals surface area contributed by atoms with Crippen molar-refractivity contribution >= 4 is 35.3 Å². The van der Waals surface area contributed by atoms with Gasteiger partial charge < -0.3 is 0 Å². The van der Waals surface area contributed by atoms with E-state index in [1.165, 1.54) is 22.4 Å². The minimum atomic E-state index is -0.600. The van der Waals surface area contributed by atoms with Gasteiger partial charge in [-0.05, 0) is 0 Å². The summed E-state index contributed by atoms with van der Waals surface area (Å²) >= 11 is 5.61. The third-order valence-corrected chi connectivity index (χ3v) is 2.51. The monoisotopic (exact) mass is 267 g/mol. The van der Waals surface area contributed by atoms with E-state index in [0.717, 1.165) is 12.3 Å². The van der Waals surface area contributed by atoms with Crippen molar-refractivity contribution in [2.24, 2.45) is 15.2 Å². The predicted octanol–water partition coefficient (Wildman–Crippen LogP) is 1.27. The molecular formula is C9H10AsN3S. The van der Waals surface area contributed by atoms with Gasteiger partial charge in [0.15, 0.2) is 0 Å². The average Bonchev–Trinajstić information content (AvgIpc) is 2.47. The average molecular weight is 267 g/mol. The van der Waals surface area contributed by atoms with Crippen LogP contribution in [0.4, 0.5) is 0 Å². The summed E-state index contributed by atoms with van der Waals surface area (Å²) in [6.45, 7) is 0. The van der Waals surface area contributed by atoms with Crippen molar-refractivity contribution in [2.45, 2.75) is 10.2 Å². The summed E-state index contributed by atoms with van der Waals surface area (Å²) < 4.78 is -0.600. The van der Waals surface area contributed by atoms with Crippen LogP contribution in [0.3, 0.4) is 0 Å². The quantitative estimate of drug-likeness (QED) is 0.619. The van der Waals surface area contributed by atoms with Crippen LogP contribution in [0.15, 0.2) is 45.6 Å². The molecule has 0 spiro atoms. The molecule has 2 rings (SSSR count). The molecule has 2 atom stereocenters. The summed E-state index contributed by atoms with van der Waals surface area (Å²) in [5.74, 6) is 0.760. The van der Waals surface area contributed by atoms with Crippen LogP contribution in [0.25, 0.3) is 0 Å². The molecule has 0 radical (unpaired) electrons. The third-order valence-electron chi connectivity index (χ3n) is 1.81. The molecule has 1 aromatic carbocycles. The standard InChI is InChI=1S/C9H10AsN3S/c10-9(14)11-8(12-13-9)6-7-4-2-1-3-5-7/h1-5,14H,6,10H2. The zero-order valence-electron chi connectivity index (χ0n) is 7.46. The topological polar surface area (TPSA) is 37.1 Å². The molecule has 1 heterocycles. The van der Waals surface area contributed by atoms with Gasteiger partial charge in [0.25, 0.3) is 0 Å². The van der Waals surface area contributed by atoms with Crippen LogP contribution in [-0.4, -0.2) is 26.5 Å². The van der Waals surface area contributed by atoms with Gasteiger partial charge in [-0.3, -0.25) is 0 Å². The first-order valence-electron chi connectivity index (χ1n) is 4.22. The number of aliphatic imine (C=N–C) groups is 1. The number of hydrogen-bond donors (Lipinski definition) is 1. The Bertz CT molecular complexity index is 386. The van der Waals surface area contributed by atoms with Gasteiger partial charge in [0, 0.05) is 0 Å². The Balaban J connectivity index is 2.11. The Morgan fingerprint density at radius 1 is 1.29 bits per heavy atom. The number of benzene rings is 1. The van der Waals surface area contributed by atoms with Crippen LogP contribution in [0, 0.1) is 0 Å². The molecule has 2 unspecified atom stereocenters. The molecule has 1 aliphatic rings. The number of amidine groups is 1. The van der Waals surface area contributed by atoms with Crippen LogP contribution in [0.1, 0.15) is 5.56 Å². The van der Waals surface area contributed by atoms with Crippen molar-refractivity contribution < 1.29 is 0 Å². The van der Waals surface area contributed by atoms with Crippen LogP contribution in [0.5, 0.6) is 0 Å². The fourth-order valence-electron chi connectivity index (χ4n) is 1.22. The van der Waals surface area contributed by atoms with E-state index in [1.807, 2.05) is 18.2 Å². The first-order valence-corrected chi connectivity index (χ1v) is 5.88. The predicted molar refractivity (Wildman–Crippen MR) is 62.7 cm³/mol. The second-order valence-corrected chi connectivity index (χ2v) is 6.44. The number of rotatable bonds is 2. The van der Waals surface area contributed by atoms with Crippen LogP contribution >= 0.6 is 12.6 Å². The fraction of sp³-hybridized carbons (Fsp3) is 0.222. The van der Waals surface area contributed by atoms with Gasteiger partial charge in [0.1, 0.15) is 0 Å². The van der Waals surface area contributed by atoms with E-state index >= 15 is 0 Å². The molecule has 0 saturated heterocycles. The molecule has 1 aromatic rings. The van der Waals surface area contributed by atoms with Crippen molar-refractivity contribution in [1.82, 2.24) is 0 Å². The van der Waals surface area contributed by atoms with Gasteiger partial charge in [-0.15, -0.1) is 0 Å². The zero-order valence-corrected chi connectivity index (χ0v) is 10.8. The van der Waals surface area contributed by atoms with Gasteiger partial charge in [0.05, 0.1) is 0 Å². The maximum absolute atomic E-state index is 4.29. The molecule has 0 bridgehead atoms. The second-order valence-electron chi connectivity index (χ2n) is 3.08. The van der Waals surface area contributed by atoms with Gasteiger partial charge >= 0.3 is 96.6 Å². The van der Waals surface area contributed by atoms with Gasteiger partial charge in [0.2, 0.25) is 0 Å². The van der Waals surface area contributed by atoms with Crippen molar-refractivity contribution in [1.29, 1.82) is 0 Å². The Labute approximate surface area is 96.6 Å². The van der Waals surface area contributed by atoms with E-state index in [4.69, 9.17) is 0 Å². The Kier molecular flexibility index (Phi) is 2.75. The summed E-state index contributed by atoms with van der Waals surface area (Å²) in [6, 6.07) is 10.1. The summed E-state index contributed by atoms with van der Waals surface area (Å²) in [5.41, 5.74) is 1.20. The molecule has 0 N–H and O–H groups in total. The van der Waals surface area contributed by atoms with Crippen LogP contribution < -0.4 is 0 Å². The van der Waals surface area contributed by atoms with Crippen molar-refractivity contribution in [3.05, 3.63) is 35.9 Å². The molecule has 0 aromatic heterocycles. The maximum atomic E-state index is 4.29. The first kappa shape index (κ1) is 9.93. The number of thiol groups is 1. The Morgan fingerprint density at radius 2 is 2.00 bits per heavy atom. The number of azo groups is 1. The molecule has 0 saturated carbocycles. The van der Waals surface area contributed by atoms with Crippen molar-refractivity contribution in [2.75, 3.05) is 0 Å². The third kappa shape index (κ3) is 2.46. The summed E-state index contributed by atoms with van der Waals surface area (Å²) in [6.07, 6.45) is 0.733. The van der Waals surface area contributed by atoms with E-state index in [2.05, 4.69) is 40.0 Å². The molecule has 0 aliphatic carbocycles. The molecule has 3 nitrogen and oxygen atoms in total. The summed E-state index contributed by atoms with van der Waals surface area (Å²) in [7, 11) is 0. The van der Waals surface area contributed by atoms with E-state index in [0.29, 0.717) is 0 Å². The molecule has 5 heteroatoms. The molecule has 1 aliphatic heterocycles. The van der Waals surface area contributed by atoms with Crippen molar-refractivity contribution in [3.63, 3.8) is 0 Å². The van der Waals surface area contributed by atoms with E-state index < -0.39 is 3.78 Å². The Hall–Kier alpha value is -0.602. The molecular weight excluding hydrogens is 257 g/mol. The van der Waals surface area contributed by atoms with E-state index in [-0.39, 0.29) is 0 Å². The minimum absolute atomic E-state index is 0.600. The Morgan fingerprint density at radius 3 is 2.57 bits per heavy atom.